The van der Waals surface area contributed by atoms with E-state index >= 15 is 0 Å². The zero-order valence-corrected chi connectivity index (χ0v) is 16.4. The summed E-state index contributed by atoms with van der Waals surface area (Å²) in [6.45, 7) is 0.684. The Hall–Kier alpha value is -3.16. The van der Waals surface area contributed by atoms with Gasteiger partial charge in [-0.15, -0.1) is 0 Å². The molecule has 3 heterocycles. The van der Waals surface area contributed by atoms with Crippen molar-refractivity contribution < 1.29 is 9.59 Å². The van der Waals surface area contributed by atoms with Gasteiger partial charge in [0.2, 0.25) is 17.8 Å². The van der Waals surface area contributed by atoms with E-state index in [9.17, 15) is 9.59 Å². The normalized spacial score (nSPS) is 19.1. The predicted molar refractivity (Wildman–Crippen MR) is 112 cm³/mol. The van der Waals surface area contributed by atoms with Gasteiger partial charge in [0.05, 0.1) is 12.6 Å². The van der Waals surface area contributed by atoms with Crippen LogP contribution in [0.25, 0.3) is 0 Å². The molecule has 8 nitrogen and oxygen atoms in total. The maximum Gasteiger partial charge on any atom is 0.229 e. The Labute approximate surface area is 169 Å². The van der Waals surface area contributed by atoms with Crippen LogP contribution >= 0.6 is 0 Å². The molecule has 1 aliphatic carbocycles. The predicted octanol–water partition coefficient (Wildman–Crippen LogP) is 2.83. The van der Waals surface area contributed by atoms with E-state index < -0.39 is 0 Å². The summed E-state index contributed by atoms with van der Waals surface area (Å²) in [5.41, 5.74) is 3.42. The van der Waals surface area contributed by atoms with Crippen LogP contribution in [-0.4, -0.2) is 41.4 Å². The number of carbonyl (C=O) groups is 2. The van der Waals surface area contributed by atoms with Crippen LogP contribution < -0.4 is 20.4 Å². The summed E-state index contributed by atoms with van der Waals surface area (Å²) in [6, 6.07) is 6.17. The Morgan fingerprint density at radius 3 is 2.86 bits per heavy atom. The molecule has 8 heteroatoms. The quantitative estimate of drug-likeness (QED) is 0.835. The molecule has 1 saturated carbocycles. The number of nitrogens with one attached hydrogen (secondary N) is 2. The third-order valence-corrected chi connectivity index (χ3v) is 6.08. The van der Waals surface area contributed by atoms with Crippen LogP contribution in [0.15, 0.2) is 24.4 Å². The van der Waals surface area contributed by atoms with Crippen molar-refractivity contribution in [1.29, 1.82) is 0 Å². The summed E-state index contributed by atoms with van der Waals surface area (Å²) in [5, 5.41) is 6.11. The first kappa shape index (κ1) is 17.9. The SMILES string of the molecule is CN1C(=O)CCN(C2CCCC2)c2nc(Nc3ccc4c(c3)CC(=O)N4)ncc21. The summed E-state index contributed by atoms with van der Waals surface area (Å²) in [7, 11) is 1.79. The number of amides is 2. The van der Waals surface area contributed by atoms with E-state index in [0.717, 1.165) is 41.3 Å². The molecule has 0 saturated heterocycles. The van der Waals surface area contributed by atoms with Crippen molar-refractivity contribution in [3.63, 3.8) is 0 Å². The largest absolute Gasteiger partial charge is 0.351 e. The lowest BCUT2D eigenvalue weighted by atomic mass is 10.1. The van der Waals surface area contributed by atoms with Gasteiger partial charge in [0.1, 0.15) is 5.69 Å². The first-order valence-electron chi connectivity index (χ1n) is 10.2. The van der Waals surface area contributed by atoms with E-state index in [1.807, 2.05) is 18.2 Å². The van der Waals surface area contributed by atoms with Gasteiger partial charge in [-0.3, -0.25) is 9.59 Å². The second-order valence-electron chi connectivity index (χ2n) is 7.96. The van der Waals surface area contributed by atoms with Crippen LogP contribution in [0.1, 0.15) is 37.7 Å². The maximum absolute atomic E-state index is 12.4. The summed E-state index contributed by atoms with van der Waals surface area (Å²) in [5.74, 6) is 1.41. The van der Waals surface area contributed by atoms with Gasteiger partial charge < -0.3 is 20.4 Å². The fourth-order valence-corrected chi connectivity index (χ4v) is 4.51. The van der Waals surface area contributed by atoms with Gasteiger partial charge in [0.25, 0.3) is 0 Å². The van der Waals surface area contributed by atoms with E-state index in [0.29, 0.717) is 31.4 Å². The summed E-state index contributed by atoms with van der Waals surface area (Å²) < 4.78 is 0. The second kappa shape index (κ2) is 7.02. The number of aromatic nitrogens is 2. The summed E-state index contributed by atoms with van der Waals surface area (Å²) >= 11 is 0. The molecule has 2 amide bonds. The Morgan fingerprint density at radius 1 is 1.21 bits per heavy atom. The molecule has 0 atom stereocenters. The van der Waals surface area contributed by atoms with Crippen molar-refractivity contribution in [2.24, 2.45) is 0 Å². The average Bonchev–Trinajstić information content (AvgIpc) is 3.34. The number of nitrogens with zero attached hydrogens (tertiary/aromatic N) is 4. The smallest absolute Gasteiger partial charge is 0.229 e. The third-order valence-electron chi connectivity index (χ3n) is 6.08. The highest BCUT2D eigenvalue weighted by atomic mass is 16.2. The van der Waals surface area contributed by atoms with E-state index in [4.69, 9.17) is 4.98 Å². The van der Waals surface area contributed by atoms with Crippen molar-refractivity contribution in [2.45, 2.75) is 44.6 Å². The van der Waals surface area contributed by atoms with Crippen molar-refractivity contribution in [2.75, 3.05) is 34.0 Å². The number of benzene rings is 1. The van der Waals surface area contributed by atoms with Crippen LogP contribution in [0.4, 0.5) is 28.8 Å². The third kappa shape index (κ3) is 3.28. The molecule has 1 aromatic carbocycles. The fourth-order valence-electron chi connectivity index (χ4n) is 4.51. The number of carbonyl (C=O) groups excluding carboxylic acids is 2. The molecule has 150 valence electrons. The molecule has 1 aromatic heterocycles. The molecule has 2 aliphatic heterocycles. The van der Waals surface area contributed by atoms with Gasteiger partial charge in [-0.25, -0.2) is 4.98 Å². The van der Waals surface area contributed by atoms with Gasteiger partial charge in [0.15, 0.2) is 5.82 Å². The number of hydrogen-bond donors (Lipinski definition) is 2. The molecular formula is C21H24N6O2. The van der Waals surface area contributed by atoms with Gasteiger partial charge in [0, 0.05) is 37.4 Å². The van der Waals surface area contributed by atoms with E-state index in [1.165, 1.54) is 12.8 Å². The van der Waals surface area contributed by atoms with Gasteiger partial charge >= 0.3 is 0 Å². The maximum atomic E-state index is 12.4. The van der Waals surface area contributed by atoms with Crippen molar-refractivity contribution in [3.8, 4) is 0 Å². The van der Waals surface area contributed by atoms with E-state index in [2.05, 4.69) is 20.5 Å². The highest BCUT2D eigenvalue weighted by molar-refractivity contribution is 5.99. The Kier molecular flexibility index (Phi) is 4.34. The van der Waals surface area contributed by atoms with Crippen LogP contribution in [0, 0.1) is 0 Å². The van der Waals surface area contributed by atoms with E-state index in [-0.39, 0.29) is 11.8 Å². The number of hydrogen-bond acceptors (Lipinski definition) is 6. The average molecular weight is 392 g/mol. The lowest BCUT2D eigenvalue weighted by Crippen LogP contribution is -2.34. The zero-order valence-electron chi connectivity index (χ0n) is 16.4. The van der Waals surface area contributed by atoms with E-state index in [1.54, 1.807) is 18.1 Å². The van der Waals surface area contributed by atoms with Crippen molar-refractivity contribution in [1.82, 2.24) is 9.97 Å². The van der Waals surface area contributed by atoms with Gasteiger partial charge in [-0.2, -0.15) is 4.98 Å². The zero-order chi connectivity index (χ0) is 20.0. The molecular weight excluding hydrogens is 368 g/mol. The van der Waals surface area contributed by atoms with Gasteiger partial charge in [-0.05, 0) is 36.6 Å². The topological polar surface area (TPSA) is 90.5 Å². The second-order valence-corrected chi connectivity index (χ2v) is 7.96. The Bertz CT molecular complexity index is 985. The number of anilines is 5. The first-order valence-corrected chi connectivity index (χ1v) is 10.2. The van der Waals surface area contributed by atoms with Crippen LogP contribution in [-0.2, 0) is 16.0 Å². The first-order chi connectivity index (χ1) is 14.1. The summed E-state index contributed by atoms with van der Waals surface area (Å²) in [6.07, 6.45) is 7.31. The number of rotatable bonds is 3. The summed E-state index contributed by atoms with van der Waals surface area (Å²) in [4.78, 5) is 37.3. The molecule has 0 unspecified atom stereocenters. The van der Waals surface area contributed by atoms with Crippen LogP contribution in [0.5, 0.6) is 0 Å². The molecule has 2 aromatic rings. The molecule has 0 spiro atoms. The molecule has 0 bridgehead atoms. The molecule has 29 heavy (non-hydrogen) atoms. The monoisotopic (exact) mass is 392 g/mol. The molecule has 1 fully saturated rings. The molecule has 5 rings (SSSR count). The minimum Gasteiger partial charge on any atom is -0.351 e. The highest BCUT2D eigenvalue weighted by Crippen LogP contribution is 2.36. The lowest BCUT2D eigenvalue weighted by Gasteiger charge is -2.30. The van der Waals surface area contributed by atoms with Crippen LogP contribution in [0.3, 0.4) is 0 Å². The fraction of sp³-hybridized carbons (Fsp3) is 0.429. The van der Waals surface area contributed by atoms with Gasteiger partial charge in [-0.1, -0.05) is 12.8 Å². The molecule has 0 radical (unpaired) electrons. The number of fused-ring (bicyclic) bond motifs is 2. The lowest BCUT2D eigenvalue weighted by molar-refractivity contribution is -0.118. The van der Waals surface area contributed by atoms with Crippen LogP contribution in [0.2, 0.25) is 0 Å². The standard InChI is InChI=1S/C21H24N6O2/c1-26-17-12-22-21(23-14-6-7-16-13(10-14)11-18(28)24-16)25-20(17)27(9-8-19(26)29)15-4-2-3-5-15/h6-7,10,12,15H,2-5,8-9,11H2,1H3,(H,24,28)(H,22,23,25). The minimum absolute atomic E-state index is 0.0124. The molecule has 2 N–H and O–H groups in total. The van der Waals surface area contributed by atoms with Crippen molar-refractivity contribution >= 4 is 40.6 Å². The highest BCUT2D eigenvalue weighted by Gasteiger charge is 2.31. The molecule has 3 aliphatic rings. The van der Waals surface area contributed by atoms with Crippen molar-refractivity contribution in [3.05, 3.63) is 30.0 Å². The minimum atomic E-state index is 0.0124. The Morgan fingerprint density at radius 2 is 2.03 bits per heavy atom. The Balaban J connectivity index is 1.47.